The molecule has 5 heteroatoms. The molecule has 0 fully saturated rings. The number of nitrogens with zero attached hydrogens (tertiary/aromatic N) is 1. The third-order valence-corrected chi connectivity index (χ3v) is 3.39. The van der Waals surface area contributed by atoms with Crippen molar-refractivity contribution in [3.05, 3.63) is 46.5 Å². The van der Waals surface area contributed by atoms with Gasteiger partial charge < -0.3 is 14.1 Å². The average Bonchev–Trinajstić information content (AvgIpc) is 3.08. The number of carbonyl (C=O) groups is 1. The Labute approximate surface area is 116 Å². The van der Waals surface area contributed by atoms with Gasteiger partial charge in [0, 0.05) is 13.2 Å². The molecule has 4 nitrogen and oxygen atoms in total. The Morgan fingerprint density at radius 2 is 2.32 bits per heavy atom. The minimum atomic E-state index is -0.0237. The van der Waals surface area contributed by atoms with E-state index in [-0.39, 0.29) is 12.5 Å². The molecule has 0 aliphatic rings. The van der Waals surface area contributed by atoms with Crippen LogP contribution < -0.4 is 0 Å². The standard InChI is InChI=1S/C14H17NO3S/c1-2-17-10-14(16)15(8-12-5-7-19-11-12)9-13-4-3-6-18-13/h3-7,11H,2,8-10H2,1H3. The van der Waals surface area contributed by atoms with Crippen LogP contribution in [0.4, 0.5) is 0 Å². The molecule has 0 aliphatic heterocycles. The van der Waals surface area contributed by atoms with E-state index >= 15 is 0 Å². The summed E-state index contributed by atoms with van der Waals surface area (Å²) in [4.78, 5) is 13.9. The van der Waals surface area contributed by atoms with Gasteiger partial charge in [0.25, 0.3) is 0 Å². The van der Waals surface area contributed by atoms with Gasteiger partial charge in [0.1, 0.15) is 12.4 Å². The molecule has 2 aromatic heterocycles. The average molecular weight is 279 g/mol. The molecule has 0 spiro atoms. The molecular weight excluding hydrogens is 262 g/mol. The summed E-state index contributed by atoms with van der Waals surface area (Å²) in [5.41, 5.74) is 1.13. The smallest absolute Gasteiger partial charge is 0.249 e. The van der Waals surface area contributed by atoms with Crippen molar-refractivity contribution in [1.82, 2.24) is 4.90 Å². The Hall–Kier alpha value is -1.59. The van der Waals surface area contributed by atoms with Crippen molar-refractivity contribution in [3.8, 4) is 0 Å². The third kappa shape index (κ3) is 4.22. The van der Waals surface area contributed by atoms with Gasteiger partial charge in [0.05, 0.1) is 12.8 Å². The summed E-state index contributed by atoms with van der Waals surface area (Å²) >= 11 is 1.63. The predicted octanol–water partition coefficient (Wildman–Crippen LogP) is 2.91. The fourth-order valence-corrected chi connectivity index (χ4v) is 2.37. The first-order valence-corrected chi connectivity index (χ1v) is 7.13. The van der Waals surface area contributed by atoms with Crippen LogP contribution in [0.25, 0.3) is 0 Å². The number of thiophene rings is 1. The fraction of sp³-hybridized carbons (Fsp3) is 0.357. The molecule has 2 rings (SSSR count). The molecule has 0 bridgehead atoms. The molecule has 0 atom stereocenters. The summed E-state index contributed by atoms with van der Waals surface area (Å²) in [6.07, 6.45) is 1.62. The van der Waals surface area contributed by atoms with Crippen molar-refractivity contribution < 1.29 is 13.9 Å². The Morgan fingerprint density at radius 1 is 1.42 bits per heavy atom. The summed E-state index contributed by atoms with van der Waals surface area (Å²) < 4.78 is 10.5. The lowest BCUT2D eigenvalue weighted by Gasteiger charge is -2.21. The molecule has 102 valence electrons. The van der Waals surface area contributed by atoms with E-state index in [1.165, 1.54) is 0 Å². The van der Waals surface area contributed by atoms with Crippen molar-refractivity contribution >= 4 is 17.2 Å². The zero-order valence-corrected chi connectivity index (χ0v) is 11.7. The lowest BCUT2D eigenvalue weighted by molar-refractivity contribution is -0.137. The Morgan fingerprint density at radius 3 is 2.95 bits per heavy atom. The maximum atomic E-state index is 12.1. The number of ether oxygens (including phenoxy) is 1. The van der Waals surface area contributed by atoms with Crippen LogP contribution in [0.5, 0.6) is 0 Å². The number of hydrogen-bond donors (Lipinski definition) is 0. The Kier molecular flexibility index (Phi) is 5.18. The van der Waals surface area contributed by atoms with Crippen LogP contribution in [0.3, 0.4) is 0 Å². The second-order valence-electron chi connectivity index (χ2n) is 4.10. The van der Waals surface area contributed by atoms with Gasteiger partial charge in [-0.05, 0) is 41.4 Å². The van der Waals surface area contributed by atoms with Crippen molar-refractivity contribution in [2.45, 2.75) is 20.0 Å². The molecule has 0 N–H and O–H groups in total. The molecule has 1 amide bonds. The molecule has 2 aromatic rings. The van der Waals surface area contributed by atoms with Crippen LogP contribution in [0.1, 0.15) is 18.2 Å². The number of hydrogen-bond acceptors (Lipinski definition) is 4. The van der Waals surface area contributed by atoms with Crippen LogP contribution >= 0.6 is 11.3 Å². The van der Waals surface area contributed by atoms with E-state index in [1.807, 2.05) is 35.9 Å². The summed E-state index contributed by atoms with van der Waals surface area (Å²) in [6, 6.07) is 5.72. The van der Waals surface area contributed by atoms with Gasteiger partial charge >= 0.3 is 0 Å². The Balaban J connectivity index is 2.01. The van der Waals surface area contributed by atoms with Crippen LogP contribution in [0, 0.1) is 0 Å². The molecule has 0 saturated carbocycles. The van der Waals surface area contributed by atoms with Gasteiger partial charge in [-0.1, -0.05) is 0 Å². The van der Waals surface area contributed by atoms with E-state index in [9.17, 15) is 4.79 Å². The molecule has 0 saturated heterocycles. The largest absolute Gasteiger partial charge is 0.467 e. The molecule has 0 aliphatic carbocycles. The van der Waals surface area contributed by atoms with Crippen LogP contribution in [-0.4, -0.2) is 24.0 Å². The van der Waals surface area contributed by atoms with Gasteiger partial charge in [-0.3, -0.25) is 4.79 Å². The van der Waals surface area contributed by atoms with Crippen molar-refractivity contribution in [2.75, 3.05) is 13.2 Å². The van der Waals surface area contributed by atoms with E-state index in [0.717, 1.165) is 11.3 Å². The summed E-state index contributed by atoms with van der Waals surface area (Å²) in [6.45, 7) is 3.58. The van der Waals surface area contributed by atoms with Crippen LogP contribution in [0.15, 0.2) is 39.6 Å². The number of rotatable bonds is 7. The lowest BCUT2D eigenvalue weighted by Crippen LogP contribution is -2.33. The highest BCUT2D eigenvalue weighted by atomic mass is 32.1. The van der Waals surface area contributed by atoms with E-state index < -0.39 is 0 Å². The zero-order valence-electron chi connectivity index (χ0n) is 10.9. The first-order chi connectivity index (χ1) is 9.29. The van der Waals surface area contributed by atoms with Gasteiger partial charge in [0.2, 0.25) is 5.91 Å². The van der Waals surface area contributed by atoms with Crippen LogP contribution in [0.2, 0.25) is 0 Å². The zero-order chi connectivity index (χ0) is 13.5. The van der Waals surface area contributed by atoms with Crippen molar-refractivity contribution in [1.29, 1.82) is 0 Å². The minimum absolute atomic E-state index is 0.0237. The van der Waals surface area contributed by atoms with Crippen molar-refractivity contribution in [2.24, 2.45) is 0 Å². The molecule has 2 heterocycles. The topological polar surface area (TPSA) is 42.7 Å². The minimum Gasteiger partial charge on any atom is -0.467 e. The molecule has 0 aromatic carbocycles. The molecular formula is C14H17NO3S. The molecule has 0 unspecified atom stereocenters. The second-order valence-corrected chi connectivity index (χ2v) is 4.88. The summed E-state index contributed by atoms with van der Waals surface area (Å²) in [5, 5.41) is 4.05. The third-order valence-electron chi connectivity index (χ3n) is 2.66. The monoisotopic (exact) mass is 279 g/mol. The highest BCUT2D eigenvalue weighted by Crippen LogP contribution is 2.13. The first-order valence-electron chi connectivity index (χ1n) is 6.18. The fourth-order valence-electron chi connectivity index (χ4n) is 1.71. The van der Waals surface area contributed by atoms with Gasteiger partial charge in [-0.15, -0.1) is 0 Å². The van der Waals surface area contributed by atoms with E-state index in [1.54, 1.807) is 22.5 Å². The first kappa shape index (κ1) is 13.8. The maximum Gasteiger partial charge on any atom is 0.249 e. The SMILES string of the molecule is CCOCC(=O)N(Cc1ccsc1)Cc1ccco1. The highest BCUT2D eigenvalue weighted by Gasteiger charge is 2.16. The van der Waals surface area contributed by atoms with Gasteiger partial charge in [0.15, 0.2) is 0 Å². The second kappa shape index (κ2) is 7.11. The van der Waals surface area contributed by atoms with E-state index in [0.29, 0.717) is 19.7 Å². The van der Waals surface area contributed by atoms with Crippen molar-refractivity contribution in [3.63, 3.8) is 0 Å². The van der Waals surface area contributed by atoms with Gasteiger partial charge in [-0.25, -0.2) is 0 Å². The Bertz CT molecular complexity index is 443. The highest BCUT2D eigenvalue weighted by molar-refractivity contribution is 7.07. The quantitative estimate of drug-likeness (QED) is 0.782. The molecule has 0 radical (unpaired) electrons. The normalized spacial score (nSPS) is 10.6. The van der Waals surface area contributed by atoms with Gasteiger partial charge in [-0.2, -0.15) is 11.3 Å². The van der Waals surface area contributed by atoms with E-state index in [2.05, 4.69) is 0 Å². The molecule has 19 heavy (non-hydrogen) atoms. The number of amides is 1. The summed E-state index contributed by atoms with van der Waals surface area (Å²) in [5.74, 6) is 0.754. The van der Waals surface area contributed by atoms with Crippen LogP contribution in [-0.2, 0) is 22.6 Å². The summed E-state index contributed by atoms with van der Waals surface area (Å²) in [7, 11) is 0. The lowest BCUT2D eigenvalue weighted by atomic mass is 10.3. The number of carbonyl (C=O) groups excluding carboxylic acids is 1. The maximum absolute atomic E-state index is 12.1. The van der Waals surface area contributed by atoms with E-state index in [4.69, 9.17) is 9.15 Å². The predicted molar refractivity (Wildman–Crippen MR) is 73.8 cm³/mol. The number of furan rings is 1.